The summed E-state index contributed by atoms with van der Waals surface area (Å²) in [5.41, 5.74) is 6.52. The van der Waals surface area contributed by atoms with Crippen molar-refractivity contribution in [2.75, 3.05) is 61.8 Å². The van der Waals surface area contributed by atoms with E-state index in [-0.39, 0.29) is 5.75 Å². The van der Waals surface area contributed by atoms with Gasteiger partial charge < -0.3 is 26.0 Å². The number of hydrogen-bond acceptors (Lipinski definition) is 15. The molecule has 0 aliphatic rings. The quantitative estimate of drug-likeness (QED) is 0.0646. The first-order chi connectivity index (χ1) is 44.8. The van der Waals surface area contributed by atoms with Crippen LogP contribution in [0.15, 0.2) is 237 Å². The van der Waals surface area contributed by atoms with Gasteiger partial charge in [-0.2, -0.15) is 47.5 Å². The van der Waals surface area contributed by atoms with Crippen LogP contribution in [0.25, 0.3) is 43.1 Å². The van der Waals surface area contributed by atoms with Crippen LogP contribution in [-0.4, -0.2) is 103 Å². The number of hydrogen-bond donors (Lipinski definition) is 7. The monoisotopic (exact) mass is 1330 g/mol. The van der Waals surface area contributed by atoms with Crippen LogP contribution in [-0.2, 0) is 20.2 Å². The van der Waals surface area contributed by atoms with Gasteiger partial charge in [-0.1, -0.05) is 233 Å². The summed E-state index contributed by atoms with van der Waals surface area (Å²) in [6, 6.07) is 67.3. The molecule has 0 spiro atoms. The van der Waals surface area contributed by atoms with Crippen LogP contribution >= 0.6 is 0 Å². The highest BCUT2D eigenvalue weighted by Crippen LogP contribution is 2.39. The second-order valence-corrected chi connectivity index (χ2v) is 20.9. The Bertz CT molecular complexity index is 3590. The summed E-state index contributed by atoms with van der Waals surface area (Å²) in [4.78, 5) is 0. The van der Waals surface area contributed by atoms with Crippen molar-refractivity contribution < 1.29 is 41.3 Å². The molecule has 0 atom stereocenters. The lowest BCUT2D eigenvalue weighted by molar-refractivity contribution is 0.480. The first kappa shape index (κ1) is 93.9. The molecule has 0 heterocycles. The van der Waals surface area contributed by atoms with Gasteiger partial charge in [0.05, 0.1) is 23.9 Å². The maximum Gasteiger partial charge on any atom is 0.261 e. The summed E-state index contributed by atoms with van der Waals surface area (Å²) < 4.78 is 51.7. The number of phenols is 3. The van der Waals surface area contributed by atoms with Gasteiger partial charge in [-0.3, -0.25) is 9.11 Å². The summed E-state index contributed by atoms with van der Waals surface area (Å²) >= 11 is 0. The first-order valence-electron chi connectivity index (χ1n) is 30.9. The van der Waals surface area contributed by atoms with E-state index in [2.05, 4.69) is 102 Å². The zero-order valence-electron chi connectivity index (χ0n) is 60.0. The molecule has 0 saturated heterocycles. The minimum Gasteiger partial charge on any atom is -0.507 e. The molecule has 17 nitrogen and oxygen atoms in total. The van der Waals surface area contributed by atoms with Crippen molar-refractivity contribution in [3.05, 3.63) is 229 Å². The standard InChI is InChI=1S/C13H14N2O.2C11H10O.C10H8.2C7H8N2.2C2H7N.5C2H6.2CH4O3S/c1-8-5-4-6-10-7-9(2)12(15-14-3)13(16)11(8)10;2*1-8-6-9-4-2-3-5-10(9)11(12)7-8;1-2-6-10-8-4-3-7-9(10)5-1;2*1-8-9-7-5-3-2-4-6-7;2*1-3-2;5*1-2;2*1-5(2,3)4/h4-7,16H,1-3H3;2*2-7,12H,1H3;1-8H;2*2-6H,1H3;2*3H,1-2H3;5*1-2H3;2*1H3,(H,2,3,4). The number of rotatable bonds is 3. The summed E-state index contributed by atoms with van der Waals surface area (Å²) in [5.74, 6) is 0.954. The number of fused-ring (bicyclic) bond motifs is 4. The number of aryl methyl sites for hydroxylation is 4. The lowest BCUT2D eigenvalue weighted by Crippen LogP contribution is -1.89. The van der Waals surface area contributed by atoms with E-state index < -0.39 is 20.2 Å². The highest BCUT2D eigenvalue weighted by atomic mass is 32.2. The van der Waals surface area contributed by atoms with Crippen molar-refractivity contribution in [1.82, 2.24) is 10.6 Å². The van der Waals surface area contributed by atoms with Crippen molar-refractivity contribution in [2.24, 2.45) is 30.7 Å². The van der Waals surface area contributed by atoms with Crippen LogP contribution in [0.5, 0.6) is 17.2 Å². The van der Waals surface area contributed by atoms with Crippen LogP contribution in [0.3, 0.4) is 0 Å². The Labute approximate surface area is 564 Å². The second-order valence-electron chi connectivity index (χ2n) is 18.0. The third-order valence-corrected chi connectivity index (χ3v) is 10.3. The SMILES string of the molecule is CC.CC.CC.CC.CC.CN=Nc1c(C)cc2cccc(C)c2c1O.CN=Nc1ccccc1.CN=Nc1ccccc1.CNC.CNC.CS(=O)(=O)O.CS(=O)(=O)O.Cc1cc(O)c2ccccc2c1.Cc1cc(O)c2ccccc2c1.c1ccc2ccccc2c1. The number of nitrogens with zero attached hydrogens (tertiary/aromatic N) is 6. The van der Waals surface area contributed by atoms with Crippen molar-refractivity contribution in [3.8, 4) is 17.2 Å². The molecule has 516 valence electrons. The number of azo groups is 3. The van der Waals surface area contributed by atoms with Crippen molar-refractivity contribution in [1.29, 1.82) is 0 Å². The Hall–Kier alpha value is -8.82. The van der Waals surface area contributed by atoms with E-state index in [1.807, 2.05) is 259 Å². The number of aromatic hydroxyl groups is 3. The van der Waals surface area contributed by atoms with E-state index in [4.69, 9.17) is 9.11 Å². The number of phenolic OH excluding ortho intramolecular Hbond substituents is 3. The summed E-state index contributed by atoms with van der Waals surface area (Å²) in [6.07, 6.45) is 1.43. The van der Waals surface area contributed by atoms with Crippen molar-refractivity contribution >= 4 is 80.4 Å². The average molecular weight is 1330 g/mol. The molecular formula is C75H110N8O9S2. The zero-order valence-corrected chi connectivity index (χ0v) is 61.6. The van der Waals surface area contributed by atoms with Gasteiger partial charge in [0, 0.05) is 37.3 Å². The molecule has 0 bridgehead atoms. The molecule has 0 fully saturated rings. The lowest BCUT2D eigenvalue weighted by Gasteiger charge is -2.09. The molecule has 7 N–H and O–H groups in total. The highest BCUT2D eigenvalue weighted by molar-refractivity contribution is 7.85. The summed E-state index contributed by atoms with van der Waals surface area (Å²) in [7, 11) is 5.08. The van der Waals surface area contributed by atoms with Gasteiger partial charge in [0.25, 0.3) is 20.2 Å². The van der Waals surface area contributed by atoms with E-state index in [0.717, 1.165) is 65.9 Å². The fourth-order valence-electron chi connectivity index (χ4n) is 7.19. The van der Waals surface area contributed by atoms with Gasteiger partial charge in [-0.05, 0) is 148 Å². The molecule has 0 radical (unpaired) electrons. The van der Waals surface area contributed by atoms with Crippen LogP contribution in [0, 0.1) is 27.7 Å². The van der Waals surface area contributed by atoms with Gasteiger partial charge in [-0.25, -0.2) is 0 Å². The molecule has 19 heteroatoms. The van der Waals surface area contributed by atoms with Crippen LogP contribution in [0.4, 0.5) is 17.1 Å². The minimum atomic E-state index is -3.67. The predicted molar refractivity (Wildman–Crippen MR) is 406 cm³/mol. The summed E-state index contributed by atoms with van der Waals surface area (Å²) in [5, 5.41) is 66.0. The predicted octanol–water partition coefficient (Wildman–Crippen LogP) is 21.0. The van der Waals surface area contributed by atoms with Crippen molar-refractivity contribution in [3.63, 3.8) is 0 Å². The van der Waals surface area contributed by atoms with Crippen LogP contribution < -0.4 is 10.6 Å². The average Bonchev–Trinajstić information content (AvgIpc) is 0.814. The molecule has 0 aliphatic heterocycles. The number of benzene rings is 10. The molecule has 10 rings (SSSR count). The minimum absolute atomic E-state index is 0.221. The smallest absolute Gasteiger partial charge is 0.261 e. The van der Waals surface area contributed by atoms with Gasteiger partial charge in [-0.15, -0.1) is 0 Å². The second kappa shape index (κ2) is 59.2. The Morgan fingerprint density at radius 1 is 0.340 bits per heavy atom. The molecule has 10 aromatic carbocycles. The third-order valence-electron chi connectivity index (χ3n) is 10.3. The van der Waals surface area contributed by atoms with E-state index in [1.165, 1.54) is 10.8 Å². The molecular weight excluding hydrogens is 1220 g/mol. The van der Waals surface area contributed by atoms with Gasteiger partial charge in [0.1, 0.15) is 17.2 Å². The van der Waals surface area contributed by atoms with Crippen molar-refractivity contribution in [2.45, 2.75) is 96.9 Å². The topological polar surface area (TPSA) is 268 Å². The Kier molecular flexibility index (Phi) is 59.1. The Balaban J connectivity index is -0.000000316. The first-order valence-corrected chi connectivity index (χ1v) is 34.6. The van der Waals surface area contributed by atoms with Gasteiger partial charge in [0.15, 0.2) is 5.75 Å². The zero-order chi connectivity index (χ0) is 73.1. The molecule has 0 aliphatic carbocycles. The fraction of sp³-hybridized carbons (Fsp3) is 0.307. The van der Waals surface area contributed by atoms with Crippen LogP contribution in [0.2, 0.25) is 0 Å². The lowest BCUT2D eigenvalue weighted by atomic mass is 10.0. The summed E-state index contributed by atoms with van der Waals surface area (Å²) in [6.45, 7) is 27.9. The molecule has 0 aromatic heterocycles. The van der Waals surface area contributed by atoms with E-state index in [9.17, 15) is 32.2 Å². The molecule has 0 amide bonds. The van der Waals surface area contributed by atoms with Gasteiger partial charge in [0.2, 0.25) is 0 Å². The number of nitrogens with one attached hydrogen (secondary N) is 2. The van der Waals surface area contributed by atoms with E-state index >= 15 is 0 Å². The fourth-order valence-corrected chi connectivity index (χ4v) is 7.19. The van der Waals surface area contributed by atoms with E-state index in [1.54, 1.807) is 33.3 Å². The highest BCUT2D eigenvalue weighted by Gasteiger charge is 2.11. The Morgan fingerprint density at radius 3 is 0.904 bits per heavy atom. The molecule has 10 aromatic rings. The largest absolute Gasteiger partial charge is 0.507 e. The van der Waals surface area contributed by atoms with E-state index in [0.29, 0.717) is 29.7 Å². The third kappa shape index (κ3) is 46.3. The van der Waals surface area contributed by atoms with Gasteiger partial charge >= 0.3 is 0 Å². The maximum absolute atomic E-state index is 10.2. The maximum atomic E-state index is 10.2. The normalized spacial score (nSPS) is 9.59. The van der Waals surface area contributed by atoms with Crippen LogP contribution in [0.1, 0.15) is 91.5 Å². The molecule has 0 saturated carbocycles. The molecule has 94 heavy (non-hydrogen) atoms. The Morgan fingerprint density at radius 2 is 0.606 bits per heavy atom. The molecule has 0 unspecified atom stereocenters.